The molecule has 1 aromatic rings. The van der Waals surface area contributed by atoms with Gasteiger partial charge in [-0.3, -0.25) is 9.59 Å². The standard InChI is InChI=1S/C16H24N2O3S/c1-12(2)10-21-9-5-8-18-16(20)13-6-3-4-7-14(13)22-11-15(17)19/h3-4,6-7,12H,5,8-11H2,1-2H3,(H2,17,19)(H,18,20). The molecule has 0 saturated heterocycles. The number of benzene rings is 1. The zero-order valence-electron chi connectivity index (χ0n) is 13.1. The predicted octanol–water partition coefficient (Wildman–Crippen LogP) is 2.06. The first kappa shape index (κ1) is 18.5. The van der Waals surface area contributed by atoms with Gasteiger partial charge < -0.3 is 15.8 Å². The van der Waals surface area contributed by atoms with Crippen molar-refractivity contribution >= 4 is 23.6 Å². The van der Waals surface area contributed by atoms with Gasteiger partial charge >= 0.3 is 0 Å². The maximum Gasteiger partial charge on any atom is 0.252 e. The Hall–Kier alpha value is -1.53. The molecule has 22 heavy (non-hydrogen) atoms. The molecular formula is C16H24N2O3S. The number of carbonyl (C=O) groups excluding carboxylic acids is 2. The average molecular weight is 324 g/mol. The molecule has 0 radical (unpaired) electrons. The van der Waals surface area contributed by atoms with Crippen molar-refractivity contribution in [2.75, 3.05) is 25.5 Å². The highest BCUT2D eigenvalue weighted by molar-refractivity contribution is 8.00. The topological polar surface area (TPSA) is 81.4 Å². The minimum absolute atomic E-state index is 0.142. The van der Waals surface area contributed by atoms with Gasteiger partial charge in [0.1, 0.15) is 0 Å². The summed E-state index contributed by atoms with van der Waals surface area (Å²) in [4.78, 5) is 23.8. The highest BCUT2D eigenvalue weighted by Gasteiger charge is 2.11. The van der Waals surface area contributed by atoms with Crippen LogP contribution >= 0.6 is 11.8 Å². The molecule has 2 amide bonds. The third-order valence-corrected chi connectivity index (χ3v) is 3.80. The number of nitrogens with one attached hydrogen (secondary N) is 1. The largest absolute Gasteiger partial charge is 0.381 e. The first-order valence-electron chi connectivity index (χ1n) is 7.36. The predicted molar refractivity (Wildman–Crippen MR) is 89.0 cm³/mol. The smallest absolute Gasteiger partial charge is 0.252 e. The van der Waals surface area contributed by atoms with Crippen molar-refractivity contribution in [3.05, 3.63) is 29.8 Å². The first-order valence-corrected chi connectivity index (χ1v) is 8.35. The zero-order chi connectivity index (χ0) is 16.4. The Bertz CT molecular complexity index is 492. The minimum Gasteiger partial charge on any atom is -0.381 e. The second kappa shape index (κ2) is 10.2. The normalized spacial score (nSPS) is 10.7. The molecule has 0 fully saturated rings. The highest BCUT2D eigenvalue weighted by atomic mass is 32.2. The molecule has 0 aromatic heterocycles. The molecule has 5 nitrogen and oxygen atoms in total. The van der Waals surface area contributed by atoms with Crippen molar-refractivity contribution in [3.63, 3.8) is 0 Å². The van der Waals surface area contributed by atoms with Crippen LogP contribution in [0.15, 0.2) is 29.2 Å². The van der Waals surface area contributed by atoms with Gasteiger partial charge in [-0.05, 0) is 24.5 Å². The monoisotopic (exact) mass is 324 g/mol. The number of nitrogens with two attached hydrogens (primary N) is 1. The Balaban J connectivity index is 2.40. The fourth-order valence-electron chi connectivity index (χ4n) is 1.72. The lowest BCUT2D eigenvalue weighted by atomic mass is 10.2. The fraction of sp³-hybridized carbons (Fsp3) is 0.500. The van der Waals surface area contributed by atoms with E-state index in [-0.39, 0.29) is 11.7 Å². The summed E-state index contributed by atoms with van der Waals surface area (Å²) in [6, 6.07) is 7.19. The molecular weight excluding hydrogens is 300 g/mol. The van der Waals surface area contributed by atoms with Crippen LogP contribution in [-0.4, -0.2) is 37.3 Å². The van der Waals surface area contributed by atoms with Crippen LogP contribution in [0.3, 0.4) is 0 Å². The highest BCUT2D eigenvalue weighted by Crippen LogP contribution is 2.22. The van der Waals surface area contributed by atoms with E-state index in [0.717, 1.165) is 17.9 Å². The Labute approximate surface area is 136 Å². The summed E-state index contributed by atoms with van der Waals surface area (Å²) in [5.41, 5.74) is 5.71. The van der Waals surface area contributed by atoms with E-state index in [1.807, 2.05) is 12.1 Å². The van der Waals surface area contributed by atoms with Crippen molar-refractivity contribution < 1.29 is 14.3 Å². The van der Waals surface area contributed by atoms with Gasteiger partial charge in [-0.2, -0.15) is 0 Å². The lowest BCUT2D eigenvalue weighted by molar-refractivity contribution is -0.115. The van der Waals surface area contributed by atoms with Gasteiger partial charge in [-0.15, -0.1) is 11.8 Å². The zero-order valence-corrected chi connectivity index (χ0v) is 13.9. The van der Waals surface area contributed by atoms with Gasteiger partial charge in [0.25, 0.3) is 5.91 Å². The minimum atomic E-state index is -0.400. The number of thioether (sulfide) groups is 1. The van der Waals surface area contributed by atoms with Crippen LogP contribution < -0.4 is 11.1 Å². The van der Waals surface area contributed by atoms with Gasteiger partial charge in [0.2, 0.25) is 5.91 Å². The Morgan fingerprint density at radius 1 is 1.32 bits per heavy atom. The first-order chi connectivity index (χ1) is 10.5. The summed E-state index contributed by atoms with van der Waals surface area (Å²) < 4.78 is 5.46. The summed E-state index contributed by atoms with van der Waals surface area (Å²) in [5.74, 6) is 0.135. The van der Waals surface area contributed by atoms with Crippen LogP contribution in [0.25, 0.3) is 0 Å². The summed E-state index contributed by atoms with van der Waals surface area (Å²) >= 11 is 1.27. The second-order valence-corrected chi connectivity index (χ2v) is 6.35. The molecule has 0 bridgehead atoms. The molecule has 0 saturated carbocycles. The maximum atomic E-state index is 12.2. The molecule has 0 aliphatic carbocycles. The molecule has 0 spiro atoms. The molecule has 0 aliphatic rings. The van der Waals surface area contributed by atoms with Crippen molar-refractivity contribution in [3.8, 4) is 0 Å². The van der Waals surface area contributed by atoms with Gasteiger partial charge in [-0.25, -0.2) is 0 Å². The maximum absolute atomic E-state index is 12.2. The molecule has 0 atom stereocenters. The van der Waals surface area contributed by atoms with Gasteiger partial charge in [0, 0.05) is 24.7 Å². The summed E-state index contributed by atoms with van der Waals surface area (Å²) in [6.45, 7) is 6.13. The summed E-state index contributed by atoms with van der Waals surface area (Å²) in [5, 5.41) is 2.87. The molecule has 6 heteroatoms. The number of primary amides is 1. The lowest BCUT2D eigenvalue weighted by Crippen LogP contribution is -2.26. The molecule has 0 unspecified atom stereocenters. The SMILES string of the molecule is CC(C)COCCCNC(=O)c1ccccc1SCC(N)=O. The van der Waals surface area contributed by atoms with E-state index in [1.54, 1.807) is 12.1 Å². The van der Waals surface area contributed by atoms with E-state index >= 15 is 0 Å². The van der Waals surface area contributed by atoms with Crippen molar-refractivity contribution in [2.45, 2.75) is 25.2 Å². The van der Waals surface area contributed by atoms with Gasteiger partial charge in [-0.1, -0.05) is 26.0 Å². The summed E-state index contributed by atoms with van der Waals surface area (Å²) in [7, 11) is 0. The number of hydrogen-bond acceptors (Lipinski definition) is 4. The molecule has 3 N–H and O–H groups in total. The fourth-order valence-corrected chi connectivity index (χ4v) is 2.51. The Morgan fingerprint density at radius 3 is 2.73 bits per heavy atom. The number of rotatable bonds is 10. The van der Waals surface area contributed by atoms with Gasteiger partial charge in [0.15, 0.2) is 0 Å². The van der Waals surface area contributed by atoms with Crippen LogP contribution in [0.4, 0.5) is 0 Å². The third kappa shape index (κ3) is 7.47. The van der Waals surface area contributed by atoms with Crippen LogP contribution in [0.2, 0.25) is 0 Å². The Morgan fingerprint density at radius 2 is 2.05 bits per heavy atom. The molecule has 0 aliphatic heterocycles. The van der Waals surface area contributed by atoms with E-state index in [2.05, 4.69) is 19.2 Å². The van der Waals surface area contributed by atoms with E-state index in [9.17, 15) is 9.59 Å². The van der Waals surface area contributed by atoms with Crippen LogP contribution in [0.5, 0.6) is 0 Å². The molecule has 1 aromatic carbocycles. The van der Waals surface area contributed by atoms with Crippen molar-refractivity contribution in [2.24, 2.45) is 11.7 Å². The number of ether oxygens (including phenoxy) is 1. The number of amides is 2. The molecule has 1 rings (SSSR count). The van der Waals surface area contributed by atoms with E-state index in [0.29, 0.717) is 24.6 Å². The molecule has 122 valence electrons. The van der Waals surface area contributed by atoms with Crippen LogP contribution in [-0.2, 0) is 9.53 Å². The molecule has 0 heterocycles. The van der Waals surface area contributed by atoms with E-state index < -0.39 is 5.91 Å². The third-order valence-electron chi connectivity index (χ3n) is 2.70. The number of carbonyl (C=O) groups is 2. The summed E-state index contributed by atoms with van der Waals surface area (Å²) in [6.07, 6.45) is 0.773. The van der Waals surface area contributed by atoms with Crippen LogP contribution in [0.1, 0.15) is 30.6 Å². The number of hydrogen-bond donors (Lipinski definition) is 2. The Kier molecular flexibility index (Phi) is 8.62. The van der Waals surface area contributed by atoms with E-state index in [1.165, 1.54) is 11.8 Å². The van der Waals surface area contributed by atoms with Crippen LogP contribution in [0, 0.1) is 5.92 Å². The van der Waals surface area contributed by atoms with Crippen molar-refractivity contribution in [1.82, 2.24) is 5.32 Å². The van der Waals surface area contributed by atoms with E-state index in [4.69, 9.17) is 10.5 Å². The van der Waals surface area contributed by atoms with Gasteiger partial charge in [0.05, 0.1) is 11.3 Å². The van der Waals surface area contributed by atoms with Crippen molar-refractivity contribution in [1.29, 1.82) is 0 Å². The average Bonchev–Trinajstić information content (AvgIpc) is 2.48. The lowest BCUT2D eigenvalue weighted by Gasteiger charge is -2.10. The quantitative estimate of drug-likeness (QED) is 0.510. The second-order valence-electron chi connectivity index (χ2n) is 5.33.